The summed E-state index contributed by atoms with van der Waals surface area (Å²) in [6.07, 6.45) is -0.468. The normalized spacial score (nSPS) is 21.4. The Morgan fingerprint density at radius 1 is 1.36 bits per heavy atom. The van der Waals surface area contributed by atoms with E-state index in [9.17, 15) is 0 Å². The van der Waals surface area contributed by atoms with Gasteiger partial charge in [-0.2, -0.15) is 5.43 Å². The highest BCUT2D eigenvalue weighted by molar-refractivity contribution is 5.56. The van der Waals surface area contributed by atoms with Crippen molar-refractivity contribution in [3.05, 3.63) is 24.3 Å². The van der Waals surface area contributed by atoms with Gasteiger partial charge in [-0.3, -0.25) is 5.73 Å². The Morgan fingerprint density at radius 2 is 2.18 bits per heavy atom. The molecule has 1 unspecified atom stereocenters. The number of nitrogens with one attached hydrogen (secondary N) is 2. The monoisotopic (exact) mass is 151 g/mol. The smallest absolute Gasteiger partial charge is 0.220 e. The Morgan fingerprint density at radius 3 is 3.09 bits per heavy atom. The topological polar surface area (TPSA) is 59.3 Å². The van der Waals surface area contributed by atoms with Gasteiger partial charge in [-0.05, 0) is 12.1 Å². The predicted molar refractivity (Wildman–Crippen MR) is 41.8 cm³/mol. The molecular weight excluding hydrogens is 142 g/mol. The lowest BCUT2D eigenvalue weighted by Crippen LogP contribution is -2.48. The molecule has 0 fully saturated rings. The van der Waals surface area contributed by atoms with E-state index in [0.29, 0.717) is 0 Å². The van der Waals surface area contributed by atoms with Crippen molar-refractivity contribution >= 4 is 5.69 Å². The van der Waals surface area contributed by atoms with Crippen molar-refractivity contribution in [1.82, 2.24) is 5.43 Å². The van der Waals surface area contributed by atoms with Crippen LogP contribution in [0.1, 0.15) is 0 Å². The number of ether oxygens (including phenoxy) is 1. The third-order valence-electron chi connectivity index (χ3n) is 1.49. The first-order chi connectivity index (χ1) is 5.36. The molecule has 1 aromatic rings. The molecule has 4 heteroatoms. The number of para-hydroxylation sites is 2. The van der Waals surface area contributed by atoms with Crippen molar-refractivity contribution < 1.29 is 4.74 Å². The zero-order valence-electron chi connectivity index (χ0n) is 5.87. The molecule has 1 heterocycles. The van der Waals surface area contributed by atoms with Crippen molar-refractivity contribution in [1.29, 1.82) is 0 Å². The Balaban J connectivity index is 2.34. The Kier molecular flexibility index (Phi) is 1.41. The molecule has 1 aliphatic rings. The van der Waals surface area contributed by atoms with E-state index < -0.39 is 6.35 Å². The van der Waals surface area contributed by atoms with Gasteiger partial charge in [-0.15, -0.1) is 0 Å². The number of benzene rings is 1. The van der Waals surface area contributed by atoms with Crippen molar-refractivity contribution in [2.45, 2.75) is 6.35 Å². The molecular formula is C7H9N3O. The van der Waals surface area contributed by atoms with Crippen LogP contribution in [0.5, 0.6) is 5.75 Å². The van der Waals surface area contributed by atoms with Crippen molar-refractivity contribution in [3.63, 3.8) is 0 Å². The van der Waals surface area contributed by atoms with E-state index >= 15 is 0 Å². The van der Waals surface area contributed by atoms with Gasteiger partial charge in [0, 0.05) is 0 Å². The lowest BCUT2D eigenvalue weighted by atomic mass is 10.3. The third-order valence-corrected chi connectivity index (χ3v) is 1.49. The van der Waals surface area contributed by atoms with Gasteiger partial charge in [0.05, 0.1) is 5.69 Å². The minimum absolute atomic E-state index is 0.468. The van der Waals surface area contributed by atoms with Crippen LogP contribution in [-0.2, 0) is 0 Å². The van der Waals surface area contributed by atoms with Gasteiger partial charge in [0.15, 0.2) is 0 Å². The van der Waals surface area contributed by atoms with Crippen molar-refractivity contribution in [2.24, 2.45) is 5.73 Å². The van der Waals surface area contributed by atoms with Gasteiger partial charge in [0.2, 0.25) is 6.35 Å². The molecule has 11 heavy (non-hydrogen) atoms. The van der Waals surface area contributed by atoms with Crippen LogP contribution in [0, 0.1) is 0 Å². The summed E-state index contributed by atoms with van der Waals surface area (Å²) in [5.41, 5.74) is 12.0. The average molecular weight is 151 g/mol. The summed E-state index contributed by atoms with van der Waals surface area (Å²) in [6.45, 7) is 0. The SMILES string of the molecule is NC1NNc2ccccc2O1. The minimum Gasteiger partial charge on any atom is -0.459 e. The van der Waals surface area contributed by atoms with E-state index in [1.54, 1.807) is 0 Å². The maximum atomic E-state index is 5.45. The lowest BCUT2D eigenvalue weighted by molar-refractivity contribution is 0.170. The summed E-state index contributed by atoms with van der Waals surface area (Å²) < 4.78 is 5.24. The zero-order valence-corrected chi connectivity index (χ0v) is 5.87. The maximum Gasteiger partial charge on any atom is 0.220 e. The van der Waals surface area contributed by atoms with E-state index in [-0.39, 0.29) is 0 Å². The summed E-state index contributed by atoms with van der Waals surface area (Å²) in [4.78, 5) is 0. The molecule has 1 aliphatic heterocycles. The van der Waals surface area contributed by atoms with Crippen LogP contribution in [0.4, 0.5) is 5.69 Å². The highest BCUT2D eigenvalue weighted by atomic mass is 16.5. The molecule has 0 bridgehead atoms. The fourth-order valence-electron chi connectivity index (χ4n) is 0.988. The molecule has 1 atom stereocenters. The van der Waals surface area contributed by atoms with Crippen LogP contribution < -0.4 is 21.3 Å². The zero-order chi connectivity index (χ0) is 7.68. The summed E-state index contributed by atoms with van der Waals surface area (Å²) >= 11 is 0. The number of hydrogen-bond donors (Lipinski definition) is 3. The Labute approximate surface area is 64.3 Å². The fourth-order valence-corrected chi connectivity index (χ4v) is 0.988. The number of fused-ring (bicyclic) bond motifs is 1. The molecule has 0 spiro atoms. The van der Waals surface area contributed by atoms with Crippen LogP contribution in [-0.4, -0.2) is 6.35 Å². The molecule has 58 valence electrons. The first kappa shape index (κ1) is 6.45. The number of rotatable bonds is 0. The highest BCUT2D eigenvalue weighted by Crippen LogP contribution is 2.25. The van der Waals surface area contributed by atoms with Crippen LogP contribution in [0.2, 0.25) is 0 Å². The Hall–Kier alpha value is -1.26. The molecule has 0 radical (unpaired) electrons. The fraction of sp³-hybridized carbons (Fsp3) is 0.143. The van der Waals surface area contributed by atoms with Crippen LogP contribution in [0.15, 0.2) is 24.3 Å². The minimum atomic E-state index is -0.468. The first-order valence-corrected chi connectivity index (χ1v) is 3.39. The number of anilines is 1. The van der Waals surface area contributed by atoms with Gasteiger partial charge >= 0.3 is 0 Å². The largest absolute Gasteiger partial charge is 0.459 e. The molecule has 4 nitrogen and oxygen atoms in total. The molecule has 0 saturated heterocycles. The number of hydrazine groups is 1. The van der Waals surface area contributed by atoms with E-state index in [4.69, 9.17) is 10.5 Å². The van der Waals surface area contributed by atoms with E-state index in [1.165, 1.54) is 0 Å². The van der Waals surface area contributed by atoms with E-state index in [1.807, 2.05) is 24.3 Å². The number of nitrogens with two attached hydrogens (primary N) is 1. The van der Waals surface area contributed by atoms with Gasteiger partial charge in [-0.1, -0.05) is 12.1 Å². The highest BCUT2D eigenvalue weighted by Gasteiger charge is 2.12. The van der Waals surface area contributed by atoms with Crippen LogP contribution >= 0.6 is 0 Å². The standard InChI is InChI=1S/C7H9N3O/c8-7-10-9-5-3-1-2-4-6(5)11-7/h1-4,7,9-10H,8H2. The second-order valence-electron chi connectivity index (χ2n) is 2.30. The molecule has 0 amide bonds. The van der Waals surface area contributed by atoms with Crippen LogP contribution in [0.25, 0.3) is 0 Å². The second-order valence-corrected chi connectivity index (χ2v) is 2.30. The summed E-state index contributed by atoms with van der Waals surface area (Å²) in [7, 11) is 0. The van der Waals surface area contributed by atoms with Crippen LogP contribution in [0.3, 0.4) is 0 Å². The van der Waals surface area contributed by atoms with Gasteiger partial charge < -0.3 is 10.2 Å². The average Bonchev–Trinajstić information content (AvgIpc) is 2.04. The van der Waals surface area contributed by atoms with E-state index in [2.05, 4.69) is 10.9 Å². The molecule has 4 N–H and O–H groups in total. The van der Waals surface area contributed by atoms with Gasteiger partial charge in [0.1, 0.15) is 5.75 Å². The van der Waals surface area contributed by atoms with Crippen molar-refractivity contribution in [3.8, 4) is 5.75 Å². The van der Waals surface area contributed by atoms with Gasteiger partial charge in [0.25, 0.3) is 0 Å². The first-order valence-electron chi connectivity index (χ1n) is 3.39. The summed E-state index contributed by atoms with van der Waals surface area (Å²) in [6, 6.07) is 7.60. The lowest BCUT2D eigenvalue weighted by Gasteiger charge is -2.24. The number of hydrogen-bond acceptors (Lipinski definition) is 4. The second kappa shape index (κ2) is 2.41. The maximum absolute atomic E-state index is 5.45. The molecule has 0 aliphatic carbocycles. The third kappa shape index (κ3) is 1.13. The Bertz CT molecular complexity index is 264. The quantitative estimate of drug-likeness (QED) is 0.497. The predicted octanol–water partition coefficient (Wildman–Crippen LogP) is 0.238. The van der Waals surface area contributed by atoms with E-state index in [0.717, 1.165) is 11.4 Å². The molecule has 1 aromatic carbocycles. The van der Waals surface area contributed by atoms with Crippen molar-refractivity contribution in [2.75, 3.05) is 5.43 Å². The molecule has 0 aromatic heterocycles. The van der Waals surface area contributed by atoms with Gasteiger partial charge in [-0.25, -0.2) is 0 Å². The molecule has 2 rings (SSSR count). The summed E-state index contributed by atoms with van der Waals surface area (Å²) in [5, 5.41) is 0. The summed E-state index contributed by atoms with van der Waals surface area (Å²) in [5.74, 6) is 0.777. The molecule has 0 saturated carbocycles.